The smallest absolute Gasteiger partial charge is 0.416 e. The van der Waals surface area contributed by atoms with E-state index >= 15 is 0 Å². The fourth-order valence-corrected chi connectivity index (χ4v) is 4.78. The molecule has 184 valence electrons. The zero-order chi connectivity index (χ0) is 25.7. The molecular formula is C21H21ClF3N2O6P. The molecule has 0 N–H and O–H groups in total. The first-order chi connectivity index (χ1) is 15.8. The topological polar surface area (TPSA) is 108 Å². The van der Waals surface area contributed by atoms with Gasteiger partial charge in [-0.3, -0.25) is 14.7 Å². The Morgan fingerprint density at radius 2 is 1.88 bits per heavy atom. The highest BCUT2D eigenvalue weighted by Crippen LogP contribution is 2.48. The fourth-order valence-electron chi connectivity index (χ4n) is 2.87. The first-order valence-corrected chi connectivity index (χ1v) is 12.1. The summed E-state index contributed by atoms with van der Waals surface area (Å²) in [4.78, 5) is 22.5. The summed E-state index contributed by atoms with van der Waals surface area (Å²) in [6, 6.07) is 6.64. The molecule has 0 aromatic heterocycles. The Bertz CT molecular complexity index is 1170. The van der Waals surface area contributed by atoms with E-state index in [1.54, 1.807) is 6.92 Å². The molecule has 1 unspecified atom stereocenters. The molecule has 0 bridgehead atoms. The molecule has 0 aliphatic carbocycles. The Balaban J connectivity index is 2.46. The maximum absolute atomic E-state index is 13.5. The van der Waals surface area contributed by atoms with Crippen LogP contribution in [0.3, 0.4) is 0 Å². The number of nitrogens with zero attached hydrogens (tertiary/aromatic N) is 2. The van der Waals surface area contributed by atoms with Gasteiger partial charge in [0.2, 0.25) is 0 Å². The van der Waals surface area contributed by atoms with Gasteiger partial charge in [0.05, 0.1) is 17.1 Å². The zero-order valence-electron chi connectivity index (χ0n) is 18.4. The Morgan fingerprint density at radius 1 is 1.21 bits per heavy atom. The number of nitro benzene ring substituents is 1. The minimum absolute atomic E-state index is 0.0107. The molecule has 0 radical (unpaired) electrons. The number of halogens is 4. The van der Waals surface area contributed by atoms with Crippen LogP contribution in [-0.4, -0.2) is 29.4 Å². The minimum atomic E-state index is -4.56. The van der Waals surface area contributed by atoms with Gasteiger partial charge in [0, 0.05) is 17.3 Å². The van der Waals surface area contributed by atoms with Gasteiger partial charge in [-0.15, -0.1) is 0 Å². The van der Waals surface area contributed by atoms with Crippen LogP contribution in [0, 0.1) is 10.1 Å². The van der Waals surface area contributed by atoms with Crippen molar-refractivity contribution in [2.75, 3.05) is 12.8 Å². The number of benzene rings is 2. The van der Waals surface area contributed by atoms with E-state index in [0.29, 0.717) is 11.1 Å². The molecule has 0 fully saturated rings. The van der Waals surface area contributed by atoms with Gasteiger partial charge < -0.3 is 9.36 Å². The molecule has 0 aliphatic heterocycles. The van der Waals surface area contributed by atoms with Gasteiger partial charge in [0.15, 0.2) is 5.71 Å². The lowest BCUT2D eigenvalue weighted by Crippen LogP contribution is -2.17. The van der Waals surface area contributed by atoms with Crippen LogP contribution in [0.1, 0.15) is 37.5 Å². The standard InChI is InChI=1S/C21H21ClF3N2O6P/c1-4-32-20(28)13(3)26-33-34(31,5-2)19-11-14(6-9-18(19)27(29)30)10-15-7-8-16(12-17(15)22)21(23,24)25/h6-9,11-12H,4-5,10H2,1-3H3. The number of oxime groups is 1. The van der Waals surface area contributed by atoms with Crippen LogP contribution in [-0.2, 0) is 31.3 Å². The number of carbonyl (C=O) groups excluding carboxylic acids is 1. The van der Waals surface area contributed by atoms with Crippen LogP contribution in [0.5, 0.6) is 0 Å². The highest BCUT2D eigenvalue weighted by Gasteiger charge is 2.35. The Hall–Kier alpha value is -2.91. The maximum Gasteiger partial charge on any atom is 0.416 e. The monoisotopic (exact) mass is 520 g/mol. The quantitative estimate of drug-likeness (QED) is 0.137. The Kier molecular flexibility index (Phi) is 8.85. The third kappa shape index (κ3) is 6.57. The van der Waals surface area contributed by atoms with Crippen molar-refractivity contribution in [1.29, 1.82) is 0 Å². The second kappa shape index (κ2) is 11.0. The molecule has 2 rings (SSSR count). The lowest BCUT2D eigenvalue weighted by molar-refractivity contribution is -0.383. The van der Waals surface area contributed by atoms with Gasteiger partial charge in [-0.25, -0.2) is 4.79 Å². The van der Waals surface area contributed by atoms with Crippen molar-refractivity contribution in [1.82, 2.24) is 0 Å². The number of rotatable bonds is 9. The van der Waals surface area contributed by atoms with Crippen LogP contribution < -0.4 is 5.30 Å². The second-order valence-corrected chi connectivity index (χ2v) is 10.1. The fraction of sp³-hybridized carbons (Fsp3) is 0.333. The number of hydrogen-bond acceptors (Lipinski definition) is 7. The molecule has 0 aliphatic rings. The van der Waals surface area contributed by atoms with Gasteiger partial charge in [-0.2, -0.15) is 13.2 Å². The van der Waals surface area contributed by atoms with Crippen molar-refractivity contribution in [2.45, 2.75) is 33.4 Å². The number of carbonyl (C=O) groups is 1. The van der Waals surface area contributed by atoms with Gasteiger partial charge in [0.1, 0.15) is 5.30 Å². The van der Waals surface area contributed by atoms with E-state index < -0.39 is 35.7 Å². The Labute approximate surface area is 198 Å². The Morgan fingerprint density at radius 3 is 2.41 bits per heavy atom. The molecule has 13 heteroatoms. The third-order valence-electron chi connectivity index (χ3n) is 4.68. The number of esters is 1. The van der Waals surface area contributed by atoms with E-state index in [-0.39, 0.29) is 35.2 Å². The average Bonchev–Trinajstić information content (AvgIpc) is 2.77. The van der Waals surface area contributed by atoms with E-state index in [1.807, 2.05) is 0 Å². The van der Waals surface area contributed by atoms with Crippen molar-refractivity contribution in [3.8, 4) is 0 Å². The van der Waals surface area contributed by atoms with Gasteiger partial charge in [0.25, 0.3) is 5.69 Å². The molecule has 2 aromatic carbocycles. The molecule has 0 saturated carbocycles. The summed E-state index contributed by atoms with van der Waals surface area (Å²) in [6.45, 7) is 4.41. The van der Waals surface area contributed by atoms with Gasteiger partial charge in [-0.1, -0.05) is 35.8 Å². The van der Waals surface area contributed by atoms with Gasteiger partial charge in [-0.05, 0) is 49.6 Å². The summed E-state index contributed by atoms with van der Waals surface area (Å²) in [6.07, 6.45) is -4.73. The van der Waals surface area contributed by atoms with Crippen molar-refractivity contribution in [2.24, 2.45) is 5.16 Å². The van der Waals surface area contributed by atoms with E-state index in [9.17, 15) is 32.6 Å². The maximum atomic E-state index is 13.5. The first-order valence-electron chi connectivity index (χ1n) is 9.95. The lowest BCUT2D eigenvalue weighted by atomic mass is 10.0. The van der Waals surface area contributed by atoms with Crippen LogP contribution in [0.4, 0.5) is 18.9 Å². The van der Waals surface area contributed by atoms with Crippen molar-refractivity contribution >= 4 is 41.6 Å². The summed E-state index contributed by atoms with van der Waals surface area (Å²) in [5, 5.41) is 14.7. The van der Waals surface area contributed by atoms with Crippen LogP contribution in [0.15, 0.2) is 41.6 Å². The van der Waals surface area contributed by atoms with E-state index in [0.717, 1.165) is 18.2 Å². The van der Waals surface area contributed by atoms with Crippen LogP contribution in [0.25, 0.3) is 0 Å². The summed E-state index contributed by atoms with van der Waals surface area (Å²) in [5.41, 5.74) is -0.907. The first kappa shape index (κ1) is 27.3. The SMILES string of the molecule is CCOC(=O)C(C)=NOP(=O)(CC)c1cc(Cc2ccc(C(F)(F)F)cc2Cl)ccc1[N+](=O)[O-]. The zero-order valence-corrected chi connectivity index (χ0v) is 20.0. The summed E-state index contributed by atoms with van der Waals surface area (Å²) >= 11 is 6.01. The molecule has 1 atom stereocenters. The normalized spacial score (nSPS) is 13.8. The van der Waals surface area contributed by atoms with E-state index in [2.05, 4.69) is 5.16 Å². The number of ether oxygens (including phenoxy) is 1. The van der Waals surface area contributed by atoms with Crippen molar-refractivity contribution in [3.05, 3.63) is 68.2 Å². The number of nitro groups is 1. The van der Waals surface area contributed by atoms with Crippen molar-refractivity contribution in [3.63, 3.8) is 0 Å². The molecule has 0 heterocycles. The predicted octanol–water partition coefficient (Wildman–Crippen LogP) is 5.74. The summed E-state index contributed by atoms with van der Waals surface area (Å²) < 4.78 is 62.1. The third-order valence-corrected chi connectivity index (χ3v) is 7.30. The minimum Gasteiger partial charge on any atom is -0.461 e. The van der Waals surface area contributed by atoms with Crippen molar-refractivity contribution < 1.29 is 36.8 Å². The molecule has 0 amide bonds. The summed E-state index contributed by atoms with van der Waals surface area (Å²) in [7, 11) is -3.95. The lowest BCUT2D eigenvalue weighted by Gasteiger charge is -2.16. The molecule has 2 aromatic rings. The van der Waals surface area contributed by atoms with Crippen LogP contribution >= 0.6 is 19.0 Å². The molecular weight excluding hydrogens is 500 g/mol. The van der Waals surface area contributed by atoms with E-state index in [4.69, 9.17) is 21.0 Å². The highest BCUT2D eigenvalue weighted by molar-refractivity contribution is 7.67. The van der Waals surface area contributed by atoms with Gasteiger partial charge >= 0.3 is 19.5 Å². The largest absolute Gasteiger partial charge is 0.461 e. The molecule has 0 spiro atoms. The molecule has 8 nitrogen and oxygen atoms in total. The van der Waals surface area contributed by atoms with Crippen LogP contribution in [0.2, 0.25) is 5.02 Å². The highest BCUT2D eigenvalue weighted by atomic mass is 35.5. The molecule has 0 saturated heterocycles. The average molecular weight is 521 g/mol. The predicted molar refractivity (Wildman–Crippen MR) is 121 cm³/mol. The molecule has 34 heavy (non-hydrogen) atoms. The number of hydrogen-bond donors (Lipinski definition) is 0. The van der Waals surface area contributed by atoms with E-state index in [1.165, 1.54) is 32.0 Å². The second-order valence-electron chi connectivity index (χ2n) is 7.03. The number of alkyl halides is 3. The summed E-state index contributed by atoms with van der Waals surface area (Å²) in [5.74, 6) is -0.801.